The molecule has 1 fully saturated rings. The molecule has 4 heteroatoms. The second kappa shape index (κ2) is 6.86. The summed E-state index contributed by atoms with van der Waals surface area (Å²) in [4.78, 5) is 13.4. The minimum atomic E-state index is -0.0644. The van der Waals surface area contributed by atoms with Gasteiger partial charge in [-0.05, 0) is 38.8 Å². The van der Waals surface area contributed by atoms with Gasteiger partial charge < -0.3 is 4.90 Å². The third-order valence-corrected chi connectivity index (χ3v) is 3.61. The number of hydrazine groups is 1. The highest BCUT2D eigenvalue weighted by Gasteiger charge is 2.21. The smallest absolute Gasteiger partial charge is 0.233 e. The van der Waals surface area contributed by atoms with Crippen molar-refractivity contribution in [1.29, 1.82) is 0 Å². The van der Waals surface area contributed by atoms with Gasteiger partial charge in [-0.3, -0.25) is 10.2 Å². The Morgan fingerprint density at radius 1 is 1.50 bits per heavy atom. The molecular weight excluding hydrogens is 202 g/mol. The summed E-state index contributed by atoms with van der Waals surface area (Å²) in [6, 6.07) is 0.713. The van der Waals surface area contributed by atoms with E-state index in [1.165, 1.54) is 25.7 Å². The fourth-order valence-corrected chi connectivity index (χ4v) is 2.55. The van der Waals surface area contributed by atoms with Crippen LogP contribution in [0.5, 0.6) is 0 Å². The molecule has 0 aromatic heterocycles. The van der Waals surface area contributed by atoms with Crippen LogP contribution in [0, 0.1) is 5.92 Å². The number of nitrogens with zero attached hydrogens (tertiary/aromatic N) is 1. The Labute approximate surface area is 98.5 Å². The summed E-state index contributed by atoms with van der Waals surface area (Å²) in [6.45, 7) is 3.33. The largest absolute Gasteiger partial charge is 0.303 e. The van der Waals surface area contributed by atoms with Crippen molar-refractivity contribution in [2.45, 2.75) is 51.5 Å². The van der Waals surface area contributed by atoms with Crippen LogP contribution in [0.25, 0.3) is 0 Å². The predicted octanol–water partition coefficient (Wildman–Crippen LogP) is 1.27. The summed E-state index contributed by atoms with van der Waals surface area (Å²) in [5.74, 6) is 5.83. The molecule has 0 aliphatic heterocycles. The van der Waals surface area contributed by atoms with Gasteiger partial charge in [-0.2, -0.15) is 0 Å². The third kappa shape index (κ3) is 4.49. The molecular formula is C12H25N3O. The molecule has 2 unspecified atom stereocenters. The summed E-state index contributed by atoms with van der Waals surface area (Å²) >= 11 is 0. The van der Waals surface area contributed by atoms with Crippen LogP contribution in [0.2, 0.25) is 0 Å². The van der Waals surface area contributed by atoms with Crippen LogP contribution in [0.3, 0.4) is 0 Å². The lowest BCUT2D eigenvalue weighted by molar-refractivity contribution is -0.121. The Morgan fingerprint density at radius 2 is 2.25 bits per heavy atom. The number of rotatable bonds is 5. The van der Waals surface area contributed by atoms with E-state index in [1.54, 1.807) is 0 Å². The fourth-order valence-electron chi connectivity index (χ4n) is 2.55. The minimum absolute atomic E-state index is 0.0644. The molecule has 4 nitrogen and oxygen atoms in total. The Morgan fingerprint density at radius 3 is 2.88 bits per heavy atom. The van der Waals surface area contributed by atoms with Crippen molar-refractivity contribution < 1.29 is 4.79 Å². The van der Waals surface area contributed by atoms with Gasteiger partial charge in [0.25, 0.3) is 0 Å². The molecule has 0 bridgehead atoms. The number of hydrogen-bond acceptors (Lipinski definition) is 3. The second-order valence-corrected chi connectivity index (χ2v) is 5.08. The highest BCUT2D eigenvalue weighted by atomic mass is 16.2. The Kier molecular flexibility index (Phi) is 5.77. The molecule has 3 N–H and O–H groups in total. The summed E-state index contributed by atoms with van der Waals surface area (Å²) in [6.07, 6.45) is 6.76. The van der Waals surface area contributed by atoms with E-state index in [4.69, 9.17) is 5.84 Å². The number of nitrogens with one attached hydrogen (secondary N) is 1. The maximum Gasteiger partial charge on any atom is 0.233 e. The van der Waals surface area contributed by atoms with E-state index in [-0.39, 0.29) is 5.91 Å². The Hall–Kier alpha value is -0.610. The van der Waals surface area contributed by atoms with Gasteiger partial charge >= 0.3 is 0 Å². The molecule has 1 aliphatic rings. The van der Waals surface area contributed by atoms with E-state index >= 15 is 0 Å². The quantitative estimate of drug-likeness (QED) is 0.422. The van der Waals surface area contributed by atoms with Gasteiger partial charge in [0.1, 0.15) is 0 Å². The molecule has 94 valence electrons. The zero-order valence-electron chi connectivity index (χ0n) is 10.5. The molecule has 1 rings (SSSR count). The number of nitrogens with two attached hydrogens (primary N) is 1. The monoisotopic (exact) mass is 227 g/mol. The van der Waals surface area contributed by atoms with Crippen molar-refractivity contribution in [3.63, 3.8) is 0 Å². The molecule has 1 aliphatic carbocycles. The van der Waals surface area contributed by atoms with Crippen LogP contribution in [0.15, 0.2) is 0 Å². The van der Waals surface area contributed by atoms with Gasteiger partial charge in [-0.25, -0.2) is 5.84 Å². The standard InChI is InChI=1S/C12H25N3O/c1-10-5-3-6-11(9-10)15(2)8-4-7-12(16)14-13/h10-11H,3-9,13H2,1-2H3,(H,14,16). The van der Waals surface area contributed by atoms with E-state index in [2.05, 4.69) is 24.3 Å². The molecule has 1 saturated carbocycles. The average molecular weight is 227 g/mol. The van der Waals surface area contributed by atoms with Crippen LogP contribution < -0.4 is 11.3 Å². The molecule has 0 aromatic rings. The first-order valence-corrected chi connectivity index (χ1v) is 6.33. The average Bonchev–Trinajstić information content (AvgIpc) is 2.28. The van der Waals surface area contributed by atoms with Gasteiger partial charge in [0.05, 0.1) is 0 Å². The maximum absolute atomic E-state index is 11.0. The first-order valence-electron chi connectivity index (χ1n) is 6.33. The van der Waals surface area contributed by atoms with Gasteiger partial charge in [-0.1, -0.05) is 19.8 Å². The first kappa shape index (κ1) is 13.5. The zero-order chi connectivity index (χ0) is 12.0. The summed E-state index contributed by atoms with van der Waals surface area (Å²) < 4.78 is 0. The molecule has 0 aromatic carbocycles. The molecule has 16 heavy (non-hydrogen) atoms. The van der Waals surface area contributed by atoms with Gasteiger partial charge in [-0.15, -0.1) is 0 Å². The van der Waals surface area contributed by atoms with Crippen LogP contribution in [0.4, 0.5) is 0 Å². The number of carbonyl (C=O) groups excluding carboxylic acids is 1. The normalized spacial score (nSPS) is 25.8. The first-order chi connectivity index (χ1) is 7.63. The van der Waals surface area contributed by atoms with Gasteiger partial charge in [0.15, 0.2) is 0 Å². The van der Waals surface area contributed by atoms with Crippen LogP contribution >= 0.6 is 0 Å². The van der Waals surface area contributed by atoms with E-state index in [9.17, 15) is 4.79 Å². The van der Waals surface area contributed by atoms with Gasteiger partial charge in [0, 0.05) is 12.5 Å². The van der Waals surface area contributed by atoms with E-state index in [1.807, 2.05) is 0 Å². The van der Waals surface area contributed by atoms with E-state index < -0.39 is 0 Å². The van der Waals surface area contributed by atoms with Crippen LogP contribution in [-0.4, -0.2) is 30.4 Å². The molecule has 0 spiro atoms. The molecule has 0 heterocycles. The highest BCUT2D eigenvalue weighted by molar-refractivity contribution is 5.75. The number of hydrogen-bond donors (Lipinski definition) is 2. The molecule has 0 radical (unpaired) electrons. The van der Waals surface area contributed by atoms with E-state index in [0.29, 0.717) is 12.5 Å². The molecule has 2 atom stereocenters. The van der Waals surface area contributed by atoms with Crippen molar-refractivity contribution in [1.82, 2.24) is 10.3 Å². The van der Waals surface area contributed by atoms with Crippen molar-refractivity contribution in [3.05, 3.63) is 0 Å². The second-order valence-electron chi connectivity index (χ2n) is 5.08. The lowest BCUT2D eigenvalue weighted by Crippen LogP contribution is -2.37. The lowest BCUT2D eigenvalue weighted by atomic mass is 9.86. The van der Waals surface area contributed by atoms with Crippen molar-refractivity contribution >= 4 is 5.91 Å². The zero-order valence-corrected chi connectivity index (χ0v) is 10.5. The number of amides is 1. The van der Waals surface area contributed by atoms with Gasteiger partial charge in [0.2, 0.25) is 5.91 Å². The van der Waals surface area contributed by atoms with E-state index in [0.717, 1.165) is 18.9 Å². The highest BCUT2D eigenvalue weighted by Crippen LogP contribution is 2.26. The summed E-state index contributed by atoms with van der Waals surface area (Å²) in [5.41, 5.74) is 2.17. The van der Waals surface area contributed by atoms with Crippen molar-refractivity contribution in [3.8, 4) is 0 Å². The maximum atomic E-state index is 11.0. The fraction of sp³-hybridized carbons (Fsp3) is 0.917. The topological polar surface area (TPSA) is 58.4 Å². The summed E-state index contributed by atoms with van der Waals surface area (Å²) in [7, 11) is 2.17. The Balaban J connectivity index is 2.18. The number of carbonyl (C=O) groups is 1. The SMILES string of the molecule is CC1CCCC(N(C)CCCC(=O)NN)C1. The minimum Gasteiger partial charge on any atom is -0.303 e. The van der Waals surface area contributed by atoms with Crippen LogP contribution in [0.1, 0.15) is 45.4 Å². The van der Waals surface area contributed by atoms with Crippen molar-refractivity contribution in [2.75, 3.05) is 13.6 Å². The molecule has 1 amide bonds. The molecule has 0 saturated heterocycles. The van der Waals surface area contributed by atoms with Crippen LogP contribution in [-0.2, 0) is 4.79 Å². The lowest BCUT2D eigenvalue weighted by Gasteiger charge is -2.34. The van der Waals surface area contributed by atoms with Crippen molar-refractivity contribution in [2.24, 2.45) is 11.8 Å². The third-order valence-electron chi connectivity index (χ3n) is 3.61. The predicted molar refractivity (Wildman–Crippen MR) is 65.6 cm³/mol. The summed E-state index contributed by atoms with van der Waals surface area (Å²) in [5, 5.41) is 0. The Bertz CT molecular complexity index is 220.